The topological polar surface area (TPSA) is 76.8 Å². The Morgan fingerprint density at radius 3 is 2.55 bits per heavy atom. The first-order valence-electron chi connectivity index (χ1n) is 7.42. The highest BCUT2D eigenvalue weighted by molar-refractivity contribution is 5.77. The Labute approximate surface area is 122 Å². The van der Waals surface area contributed by atoms with Crippen LogP contribution in [-0.2, 0) is 14.3 Å². The predicted molar refractivity (Wildman–Crippen MR) is 78.6 cm³/mol. The Balaban J connectivity index is 2.41. The highest BCUT2D eigenvalue weighted by Crippen LogP contribution is 2.19. The first-order chi connectivity index (χ1) is 9.71. The molecule has 1 rings (SSSR count). The number of methoxy groups -OCH3 is 2. The van der Waals surface area contributed by atoms with Crippen molar-refractivity contribution in [3.8, 4) is 0 Å². The molecular formula is C14H29N3O3. The van der Waals surface area contributed by atoms with Gasteiger partial charge in [0.15, 0.2) is 0 Å². The maximum atomic E-state index is 11.9. The van der Waals surface area contributed by atoms with E-state index >= 15 is 0 Å². The minimum atomic E-state index is 0.0701. The normalized spacial score (nSPS) is 16.4. The van der Waals surface area contributed by atoms with Gasteiger partial charge in [0, 0.05) is 59.0 Å². The van der Waals surface area contributed by atoms with E-state index in [9.17, 15) is 4.79 Å². The van der Waals surface area contributed by atoms with Crippen LogP contribution in [0.15, 0.2) is 0 Å². The fourth-order valence-corrected chi connectivity index (χ4v) is 2.19. The zero-order valence-corrected chi connectivity index (χ0v) is 12.8. The molecule has 1 fully saturated rings. The van der Waals surface area contributed by atoms with Gasteiger partial charge in [-0.25, -0.2) is 0 Å². The van der Waals surface area contributed by atoms with Crippen LogP contribution in [0.25, 0.3) is 0 Å². The molecule has 3 N–H and O–H groups in total. The van der Waals surface area contributed by atoms with Crippen molar-refractivity contribution < 1.29 is 14.3 Å². The van der Waals surface area contributed by atoms with Crippen molar-refractivity contribution in [1.82, 2.24) is 10.2 Å². The van der Waals surface area contributed by atoms with Gasteiger partial charge in [-0.3, -0.25) is 9.69 Å². The van der Waals surface area contributed by atoms with Gasteiger partial charge < -0.3 is 20.5 Å². The third kappa shape index (κ3) is 7.19. The van der Waals surface area contributed by atoms with E-state index in [1.54, 1.807) is 14.2 Å². The fourth-order valence-electron chi connectivity index (χ4n) is 2.19. The summed E-state index contributed by atoms with van der Waals surface area (Å²) in [5.41, 5.74) is 5.85. The van der Waals surface area contributed by atoms with Gasteiger partial charge >= 0.3 is 0 Å². The monoisotopic (exact) mass is 287 g/mol. The smallest absolute Gasteiger partial charge is 0.221 e. The van der Waals surface area contributed by atoms with Crippen LogP contribution in [-0.4, -0.2) is 70.0 Å². The molecule has 0 radical (unpaired) electrons. The molecule has 6 heteroatoms. The van der Waals surface area contributed by atoms with Crippen LogP contribution in [0.2, 0.25) is 0 Å². The maximum absolute atomic E-state index is 11.9. The number of carbonyl (C=O) groups excluding carboxylic acids is 1. The van der Waals surface area contributed by atoms with Crippen LogP contribution >= 0.6 is 0 Å². The van der Waals surface area contributed by atoms with Gasteiger partial charge in [0.2, 0.25) is 5.91 Å². The molecule has 6 nitrogen and oxygen atoms in total. The number of amides is 1. The van der Waals surface area contributed by atoms with Crippen molar-refractivity contribution >= 4 is 5.91 Å². The van der Waals surface area contributed by atoms with Crippen LogP contribution in [0, 0.1) is 0 Å². The summed E-state index contributed by atoms with van der Waals surface area (Å²) in [5, 5.41) is 3.02. The Bertz CT molecular complexity index is 272. The molecule has 0 saturated heterocycles. The highest BCUT2D eigenvalue weighted by atomic mass is 16.5. The molecule has 0 bridgehead atoms. The molecule has 1 aliphatic rings. The molecule has 0 spiro atoms. The number of nitrogens with zero attached hydrogens (tertiary/aromatic N) is 1. The molecule has 1 saturated carbocycles. The standard InChI is InChI=1S/C14H29N3O3/c1-19-8-3-6-17(7-9-20-2)13(11-15)10-14(18)16-12-4-5-12/h12-13H,3-11,15H2,1-2H3,(H,16,18). The minimum absolute atomic E-state index is 0.0701. The summed E-state index contributed by atoms with van der Waals surface area (Å²) in [4.78, 5) is 14.2. The average molecular weight is 287 g/mol. The van der Waals surface area contributed by atoms with E-state index in [0.717, 1.165) is 39.0 Å². The minimum Gasteiger partial charge on any atom is -0.385 e. The lowest BCUT2D eigenvalue weighted by atomic mass is 10.1. The number of hydrogen-bond donors (Lipinski definition) is 2. The number of rotatable bonds is 12. The fraction of sp³-hybridized carbons (Fsp3) is 0.929. The van der Waals surface area contributed by atoms with Gasteiger partial charge in [-0.2, -0.15) is 0 Å². The summed E-state index contributed by atoms with van der Waals surface area (Å²) >= 11 is 0. The maximum Gasteiger partial charge on any atom is 0.221 e. The van der Waals surface area contributed by atoms with E-state index < -0.39 is 0 Å². The molecule has 0 aliphatic heterocycles. The van der Waals surface area contributed by atoms with Gasteiger partial charge in [0.1, 0.15) is 0 Å². The quantitative estimate of drug-likeness (QED) is 0.493. The van der Waals surface area contributed by atoms with Crippen LogP contribution in [0.5, 0.6) is 0 Å². The SMILES string of the molecule is COCCCN(CCOC)C(CN)CC(=O)NC1CC1. The van der Waals surface area contributed by atoms with Crippen LogP contribution in [0.4, 0.5) is 0 Å². The molecule has 1 atom stereocenters. The van der Waals surface area contributed by atoms with Crippen molar-refractivity contribution in [2.75, 3.05) is 47.1 Å². The molecule has 0 aromatic carbocycles. The van der Waals surface area contributed by atoms with Crippen LogP contribution in [0.3, 0.4) is 0 Å². The van der Waals surface area contributed by atoms with Gasteiger partial charge in [-0.05, 0) is 19.3 Å². The zero-order valence-electron chi connectivity index (χ0n) is 12.8. The summed E-state index contributed by atoms with van der Waals surface area (Å²) < 4.78 is 10.2. The molecule has 0 heterocycles. The Morgan fingerprint density at radius 1 is 1.30 bits per heavy atom. The first-order valence-corrected chi connectivity index (χ1v) is 7.42. The van der Waals surface area contributed by atoms with Gasteiger partial charge in [-0.15, -0.1) is 0 Å². The molecule has 0 aromatic rings. The molecule has 1 amide bonds. The first kappa shape index (κ1) is 17.4. The lowest BCUT2D eigenvalue weighted by Gasteiger charge is -2.30. The Morgan fingerprint density at radius 2 is 2.00 bits per heavy atom. The number of nitrogens with one attached hydrogen (secondary N) is 1. The van der Waals surface area contributed by atoms with Gasteiger partial charge in [0.05, 0.1) is 6.61 Å². The number of carbonyl (C=O) groups is 1. The molecule has 1 aliphatic carbocycles. The van der Waals surface area contributed by atoms with E-state index in [1.165, 1.54) is 0 Å². The van der Waals surface area contributed by atoms with E-state index in [4.69, 9.17) is 15.2 Å². The largest absolute Gasteiger partial charge is 0.385 e. The second-order valence-corrected chi connectivity index (χ2v) is 5.31. The summed E-state index contributed by atoms with van der Waals surface area (Å²) in [6.07, 6.45) is 3.62. The van der Waals surface area contributed by atoms with Crippen molar-refractivity contribution in [1.29, 1.82) is 0 Å². The van der Waals surface area contributed by atoms with Crippen molar-refractivity contribution in [3.63, 3.8) is 0 Å². The second-order valence-electron chi connectivity index (χ2n) is 5.31. The van der Waals surface area contributed by atoms with Gasteiger partial charge in [0.25, 0.3) is 0 Å². The average Bonchev–Trinajstić information content (AvgIpc) is 3.24. The third-order valence-corrected chi connectivity index (χ3v) is 3.53. The van der Waals surface area contributed by atoms with Crippen LogP contribution < -0.4 is 11.1 Å². The Kier molecular flexibility index (Phi) is 8.77. The number of nitrogens with two attached hydrogens (primary N) is 1. The van der Waals surface area contributed by atoms with Crippen LogP contribution in [0.1, 0.15) is 25.7 Å². The second kappa shape index (κ2) is 10.1. The van der Waals surface area contributed by atoms with E-state index in [2.05, 4.69) is 10.2 Å². The zero-order chi connectivity index (χ0) is 14.8. The number of ether oxygens (including phenoxy) is 2. The number of hydrogen-bond acceptors (Lipinski definition) is 5. The van der Waals surface area contributed by atoms with E-state index in [-0.39, 0.29) is 11.9 Å². The molecule has 118 valence electrons. The predicted octanol–water partition coefficient (Wildman–Crippen LogP) is -0.0327. The summed E-state index contributed by atoms with van der Waals surface area (Å²) in [5.74, 6) is 0.108. The molecule has 20 heavy (non-hydrogen) atoms. The van der Waals surface area contributed by atoms with Crippen molar-refractivity contribution in [2.24, 2.45) is 5.73 Å². The van der Waals surface area contributed by atoms with Crippen molar-refractivity contribution in [3.05, 3.63) is 0 Å². The molecule has 1 unspecified atom stereocenters. The van der Waals surface area contributed by atoms with Gasteiger partial charge in [-0.1, -0.05) is 0 Å². The Hall–Kier alpha value is -0.690. The highest BCUT2D eigenvalue weighted by Gasteiger charge is 2.26. The summed E-state index contributed by atoms with van der Waals surface area (Å²) in [7, 11) is 3.38. The molecular weight excluding hydrogens is 258 g/mol. The third-order valence-electron chi connectivity index (χ3n) is 3.53. The van der Waals surface area contributed by atoms with E-state index in [1.807, 2.05) is 0 Å². The summed E-state index contributed by atoms with van der Waals surface area (Å²) in [6, 6.07) is 0.475. The molecule has 0 aromatic heterocycles. The summed E-state index contributed by atoms with van der Waals surface area (Å²) in [6.45, 7) is 3.51. The van der Waals surface area contributed by atoms with Crippen molar-refractivity contribution in [2.45, 2.75) is 37.8 Å². The lowest BCUT2D eigenvalue weighted by molar-refractivity contribution is -0.122. The lowest BCUT2D eigenvalue weighted by Crippen LogP contribution is -2.46. The van der Waals surface area contributed by atoms with E-state index in [0.29, 0.717) is 25.6 Å².